The predicted molar refractivity (Wildman–Crippen MR) is 111 cm³/mol. The first-order valence-electron chi connectivity index (χ1n) is 9.51. The lowest BCUT2D eigenvalue weighted by molar-refractivity contribution is 0.383. The summed E-state index contributed by atoms with van der Waals surface area (Å²) >= 11 is 0. The molecule has 0 unspecified atom stereocenters. The molecule has 8 nitrogen and oxygen atoms in total. The van der Waals surface area contributed by atoms with Gasteiger partial charge in [0, 0.05) is 44.6 Å². The number of piperazine rings is 1. The molecule has 3 aromatic rings. The number of imidazole rings is 1. The third-order valence-electron chi connectivity index (χ3n) is 5.23. The third kappa shape index (κ3) is 3.75. The van der Waals surface area contributed by atoms with E-state index >= 15 is 0 Å². The Bertz CT molecular complexity index is 1130. The second kappa shape index (κ2) is 7.57. The molecule has 2 aromatic heterocycles. The average Bonchev–Trinajstić information content (AvgIpc) is 3.16. The number of nitrogens with zero attached hydrogens (tertiary/aromatic N) is 6. The molecule has 1 fully saturated rings. The SMILES string of the molecule is Cc1ccc(C)c(S(=O)(=O)N2CCN(c3cc(-n4ccnc4C)ncn3)CC2)c1. The van der Waals surface area contributed by atoms with Crippen LogP contribution in [-0.4, -0.2) is 58.4 Å². The fourth-order valence-corrected chi connectivity index (χ4v) is 5.28. The lowest BCUT2D eigenvalue weighted by Gasteiger charge is -2.35. The summed E-state index contributed by atoms with van der Waals surface area (Å²) in [5.41, 5.74) is 1.71. The maximum atomic E-state index is 13.1. The number of aryl methyl sites for hydroxylation is 3. The van der Waals surface area contributed by atoms with Gasteiger partial charge in [0.15, 0.2) is 0 Å². The summed E-state index contributed by atoms with van der Waals surface area (Å²) in [6.07, 6.45) is 5.12. The van der Waals surface area contributed by atoms with Gasteiger partial charge in [-0.1, -0.05) is 12.1 Å². The first-order chi connectivity index (χ1) is 13.9. The monoisotopic (exact) mass is 412 g/mol. The zero-order chi connectivity index (χ0) is 20.6. The first kappa shape index (κ1) is 19.5. The maximum absolute atomic E-state index is 13.1. The van der Waals surface area contributed by atoms with Crippen molar-refractivity contribution in [2.24, 2.45) is 0 Å². The highest BCUT2D eigenvalue weighted by atomic mass is 32.2. The Labute approximate surface area is 170 Å². The van der Waals surface area contributed by atoms with Crippen molar-refractivity contribution in [1.82, 2.24) is 23.8 Å². The smallest absolute Gasteiger partial charge is 0.243 e. The van der Waals surface area contributed by atoms with Crippen molar-refractivity contribution in [1.29, 1.82) is 0 Å². The van der Waals surface area contributed by atoms with Crippen LogP contribution < -0.4 is 4.90 Å². The van der Waals surface area contributed by atoms with Crippen LogP contribution in [0.1, 0.15) is 17.0 Å². The van der Waals surface area contributed by atoms with Crippen molar-refractivity contribution in [2.75, 3.05) is 31.1 Å². The number of sulfonamides is 1. The van der Waals surface area contributed by atoms with Gasteiger partial charge >= 0.3 is 0 Å². The van der Waals surface area contributed by atoms with Crippen molar-refractivity contribution < 1.29 is 8.42 Å². The minimum Gasteiger partial charge on any atom is -0.354 e. The number of hydrogen-bond donors (Lipinski definition) is 0. The van der Waals surface area contributed by atoms with Crippen LogP contribution in [0.4, 0.5) is 5.82 Å². The van der Waals surface area contributed by atoms with E-state index in [0.29, 0.717) is 31.1 Å². The van der Waals surface area contributed by atoms with E-state index in [1.807, 2.05) is 49.7 Å². The molecule has 1 aliphatic rings. The molecule has 0 N–H and O–H groups in total. The normalized spacial score (nSPS) is 15.6. The average molecular weight is 413 g/mol. The number of aromatic nitrogens is 4. The zero-order valence-electron chi connectivity index (χ0n) is 16.8. The van der Waals surface area contributed by atoms with Crippen LogP contribution in [0, 0.1) is 20.8 Å². The third-order valence-corrected chi connectivity index (χ3v) is 7.28. The Morgan fingerprint density at radius 1 is 0.897 bits per heavy atom. The molecule has 29 heavy (non-hydrogen) atoms. The van der Waals surface area contributed by atoms with E-state index < -0.39 is 10.0 Å². The predicted octanol–water partition coefficient (Wildman–Crippen LogP) is 2.10. The number of benzene rings is 1. The van der Waals surface area contributed by atoms with Gasteiger partial charge in [-0.25, -0.2) is 23.4 Å². The van der Waals surface area contributed by atoms with Gasteiger partial charge in [-0.05, 0) is 38.0 Å². The molecule has 152 valence electrons. The van der Waals surface area contributed by atoms with Gasteiger partial charge in [0.25, 0.3) is 0 Å². The van der Waals surface area contributed by atoms with E-state index in [0.717, 1.165) is 28.6 Å². The quantitative estimate of drug-likeness (QED) is 0.653. The summed E-state index contributed by atoms with van der Waals surface area (Å²) in [7, 11) is -3.51. The Morgan fingerprint density at radius 2 is 1.62 bits per heavy atom. The molecule has 0 amide bonds. The summed E-state index contributed by atoms with van der Waals surface area (Å²) in [4.78, 5) is 15.4. The topological polar surface area (TPSA) is 84.2 Å². The summed E-state index contributed by atoms with van der Waals surface area (Å²) in [6, 6.07) is 7.45. The Balaban J connectivity index is 1.51. The van der Waals surface area contributed by atoms with Gasteiger partial charge < -0.3 is 4.90 Å². The van der Waals surface area contributed by atoms with Crippen LogP contribution in [0.5, 0.6) is 0 Å². The second-order valence-electron chi connectivity index (χ2n) is 7.24. The fourth-order valence-electron chi connectivity index (χ4n) is 3.54. The standard InChI is InChI=1S/C20H24N6O2S/c1-15-4-5-16(2)18(12-15)29(27,28)25-10-8-24(9-11-25)19-13-20(23-14-22-19)26-7-6-21-17(26)3/h4-7,12-14H,8-11H2,1-3H3. The van der Waals surface area contributed by atoms with Crippen LogP contribution in [0.25, 0.3) is 5.82 Å². The zero-order valence-corrected chi connectivity index (χ0v) is 17.6. The van der Waals surface area contributed by atoms with Gasteiger partial charge in [-0.2, -0.15) is 4.31 Å². The molecule has 9 heteroatoms. The lowest BCUT2D eigenvalue weighted by atomic mass is 10.2. The molecule has 1 saturated heterocycles. The molecule has 3 heterocycles. The number of rotatable bonds is 4. The molecular formula is C20H24N6O2S. The minimum atomic E-state index is -3.51. The number of hydrogen-bond acceptors (Lipinski definition) is 6. The van der Waals surface area contributed by atoms with E-state index in [-0.39, 0.29) is 0 Å². The largest absolute Gasteiger partial charge is 0.354 e. The van der Waals surface area contributed by atoms with Crippen molar-refractivity contribution in [3.8, 4) is 5.82 Å². The molecule has 4 rings (SSSR count). The van der Waals surface area contributed by atoms with Crippen molar-refractivity contribution in [3.63, 3.8) is 0 Å². The molecule has 0 saturated carbocycles. The Hall–Kier alpha value is -2.78. The van der Waals surface area contributed by atoms with Crippen LogP contribution in [-0.2, 0) is 10.0 Å². The van der Waals surface area contributed by atoms with Crippen molar-refractivity contribution in [3.05, 3.63) is 59.9 Å². The molecule has 0 bridgehead atoms. The molecule has 0 spiro atoms. The Morgan fingerprint density at radius 3 is 2.31 bits per heavy atom. The summed E-state index contributed by atoms with van der Waals surface area (Å²) in [5.74, 6) is 2.38. The van der Waals surface area contributed by atoms with Gasteiger partial charge in [-0.3, -0.25) is 4.57 Å². The highest BCUT2D eigenvalue weighted by molar-refractivity contribution is 7.89. The molecule has 0 radical (unpaired) electrons. The molecule has 1 aromatic carbocycles. The molecule has 1 aliphatic heterocycles. The summed E-state index contributed by atoms with van der Waals surface area (Å²) in [5, 5.41) is 0. The van der Waals surface area contributed by atoms with E-state index in [4.69, 9.17) is 0 Å². The minimum absolute atomic E-state index is 0.394. The van der Waals surface area contributed by atoms with Crippen molar-refractivity contribution in [2.45, 2.75) is 25.7 Å². The highest BCUT2D eigenvalue weighted by Gasteiger charge is 2.30. The lowest BCUT2D eigenvalue weighted by Crippen LogP contribution is -2.49. The van der Waals surface area contributed by atoms with Crippen LogP contribution in [0.3, 0.4) is 0 Å². The summed E-state index contributed by atoms with van der Waals surface area (Å²) in [6.45, 7) is 7.64. The molecular weight excluding hydrogens is 388 g/mol. The van der Waals surface area contributed by atoms with E-state index in [1.54, 1.807) is 16.6 Å². The molecule has 0 aliphatic carbocycles. The van der Waals surface area contributed by atoms with Gasteiger partial charge in [0.1, 0.15) is 23.8 Å². The summed E-state index contributed by atoms with van der Waals surface area (Å²) < 4.78 is 29.7. The van der Waals surface area contributed by atoms with Crippen LogP contribution in [0.15, 0.2) is 47.9 Å². The van der Waals surface area contributed by atoms with Gasteiger partial charge in [0.2, 0.25) is 10.0 Å². The van der Waals surface area contributed by atoms with E-state index in [9.17, 15) is 8.42 Å². The van der Waals surface area contributed by atoms with Crippen LogP contribution in [0.2, 0.25) is 0 Å². The van der Waals surface area contributed by atoms with Gasteiger partial charge in [0.05, 0.1) is 4.90 Å². The first-order valence-corrected chi connectivity index (χ1v) is 10.9. The van der Waals surface area contributed by atoms with E-state index in [1.165, 1.54) is 6.33 Å². The highest BCUT2D eigenvalue weighted by Crippen LogP contribution is 2.24. The maximum Gasteiger partial charge on any atom is 0.243 e. The Kier molecular flexibility index (Phi) is 5.10. The van der Waals surface area contributed by atoms with E-state index in [2.05, 4.69) is 19.9 Å². The van der Waals surface area contributed by atoms with Gasteiger partial charge in [-0.15, -0.1) is 0 Å². The van der Waals surface area contributed by atoms with Crippen LogP contribution >= 0.6 is 0 Å². The fraction of sp³-hybridized carbons (Fsp3) is 0.350. The second-order valence-corrected chi connectivity index (χ2v) is 9.15. The molecule has 0 atom stereocenters. The number of anilines is 1. The van der Waals surface area contributed by atoms with Crippen molar-refractivity contribution >= 4 is 15.8 Å².